The lowest BCUT2D eigenvalue weighted by molar-refractivity contribution is 0.725. The van der Waals surface area contributed by atoms with E-state index in [1.54, 1.807) is 23.1 Å². The number of aromatic nitrogens is 4. The van der Waals surface area contributed by atoms with Gasteiger partial charge in [-0.3, -0.25) is 4.57 Å². The minimum atomic E-state index is 0.636. The van der Waals surface area contributed by atoms with Crippen molar-refractivity contribution < 1.29 is 0 Å². The van der Waals surface area contributed by atoms with Crippen molar-refractivity contribution in [2.24, 2.45) is 5.73 Å². The highest BCUT2D eigenvalue weighted by molar-refractivity contribution is 7.99. The predicted molar refractivity (Wildman–Crippen MR) is 64.6 cm³/mol. The van der Waals surface area contributed by atoms with E-state index in [9.17, 15) is 0 Å². The van der Waals surface area contributed by atoms with Crippen LogP contribution in [0, 0.1) is 0 Å². The SMILES string of the molecule is NCCc1csc(-c2nnc3n2CCS3)n1. The van der Waals surface area contributed by atoms with E-state index in [0.717, 1.165) is 40.4 Å². The van der Waals surface area contributed by atoms with Crippen molar-refractivity contribution >= 4 is 23.1 Å². The van der Waals surface area contributed by atoms with E-state index in [1.165, 1.54) is 0 Å². The van der Waals surface area contributed by atoms with Crippen molar-refractivity contribution in [3.63, 3.8) is 0 Å². The number of nitrogens with two attached hydrogens (primary N) is 1. The van der Waals surface area contributed by atoms with Crippen LogP contribution in [0.3, 0.4) is 0 Å². The van der Waals surface area contributed by atoms with E-state index < -0.39 is 0 Å². The summed E-state index contributed by atoms with van der Waals surface area (Å²) in [6.45, 7) is 1.62. The molecule has 0 atom stereocenters. The topological polar surface area (TPSA) is 69.6 Å². The molecule has 0 fully saturated rings. The number of nitrogens with zero attached hydrogens (tertiary/aromatic N) is 4. The molecular weight excluding hydrogens is 242 g/mol. The Morgan fingerprint density at radius 2 is 2.38 bits per heavy atom. The molecule has 7 heteroatoms. The van der Waals surface area contributed by atoms with Gasteiger partial charge in [0.1, 0.15) is 0 Å². The molecule has 0 saturated heterocycles. The van der Waals surface area contributed by atoms with Crippen molar-refractivity contribution in [1.82, 2.24) is 19.7 Å². The molecule has 3 heterocycles. The molecule has 16 heavy (non-hydrogen) atoms. The Hall–Kier alpha value is -0.920. The molecule has 0 aromatic carbocycles. The average Bonchev–Trinajstić information content (AvgIpc) is 2.90. The Morgan fingerprint density at radius 1 is 1.44 bits per heavy atom. The van der Waals surface area contributed by atoms with E-state index in [0.29, 0.717) is 6.54 Å². The molecule has 84 valence electrons. The molecule has 0 bridgehead atoms. The second-order valence-electron chi connectivity index (χ2n) is 3.49. The number of rotatable bonds is 3. The average molecular weight is 253 g/mol. The van der Waals surface area contributed by atoms with Gasteiger partial charge < -0.3 is 5.73 Å². The molecule has 0 saturated carbocycles. The lowest BCUT2D eigenvalue weighted by Crippen LogP contribution is -2.03. The third-order valence-corrected chi connectivity index (χ3v) is 4.24. The largest absolute Gasteiger partial charge is 0.330 e. The third kappa shape index (κ3) is 1.64. The molecule has 0 aliphatic carbocycles. The van der Waals surface area contributed by atoms with Gasteiger partial charge in [-0.15, -0.1) is 21.5 Å². The molecule has 0 spiro atoms. The fourth-order valence-electron chi connectivity index (χ4n) is 1.66. The number of hydrogen-bond donors (Lipinski definition) is 1. The van der Waals surface area contributed by atoms with E-state index in [1.807, 2.05) is 5.38 Å². The van der Waals surface area contributed by atoms with E-state index in [4.69, 9.17) is 5.73 Å². The van der Waals surface area contributed by atoms with Crippen LogP contribution in [0.4, 0.5) is 0 Å². The van der Waals surface area contributed by atoms with Crippen molar-refractivity contribution in [1.29, 1.82) is 0 Å². The van der Waals surface area contributed by atoms with Gasteiger partial charge in [-0.05, 0) is 6.54 Å². The fraction of sp³-hybridized carbons (Fsp3) is 0.444. The maximum atomic E-state index is 5.51. The van der Waals surface area contributed by atoms with Gasteiger partial charge in [0.05, 0.1) is 5.69 Å². The van der Waals surface area contributed by atoms with Crippen LogP contribution in [-0.4, -0.2) is 32.0 Å². The second-order valence-corrected chi connectivity index (χ2v) is 5.41. The Morgan fingerprint density at radius 3 is 3.25 bits per heavy atom. The fourth-order valence-corrected chi connectivity index (χ4v) is 3.39. The summed E-state index contributed by atoms with van der Waals surface area (Å²) < 4.78 is 2.13. The summed E-state index contributed by atoms with van der Waals surface area (Å²) in [5, 5.41) is 12.3. The van der Waals surface area contributed by atoms with E-state index >= 15 is 0 Å². The molecule has 0 amide bonds. The molecule has 2 aromatic rings. The van der Waals surface area contributed by atoms with Crippen LogP contribution in [0.5, 0.6) is 0 Å². The van der Waals surface area contributed by atoms with Crippen molar-refractivity contribution in [3.05, 3.63) is 11.1 Å². The Kier molecular flexibility index (Phi) is 2.66. The van der Waals surface area contributed by atoms with Crippen LogP contribution in [0.15, 0.2) is 10.5 Å². The third-order valence-electron chi connectivity index (χ3n) is 2.41. The van der Waals surface area contributed by atoms with Gasteiger partial charge >= 0.3 is 0 Å². The first-order valence-electron chi connectivity index (χ1n) is 5.09. The molecule has 2 N–H and O–H groups in total. The summed E-state index contributed by atoms with van der Waals surface area (Å²) in [6.07, 6.45) is 0.826. The van der Waals surface area contributed by atoms with Crippen molar-refractivity contribution in [2.75, 3.05) is 12.3 Å². The zero-order valence-corrected chi connectivity index (χ0v) is 10.2. The van der Waals surface area contributed by atoms with Gasteiger partial charge in [-0.1, -0.05) is 11.8 Å². The molecule has 5 nitrogen and oxygen atoms in total. The van der Waals surface area contributed by atoms with Crippen LogP contribution in [0.25, 0.3) is 10.8 Å². The number of hydrogen-bond acceptors (Lipinski definition) is 6. The molecule has 0 radical (unpaired) electrons. The lowest BCUT2D eigenvalue weighted by Gasteiger charge is -1.97. The minimum absolute atomic E-state index is 0.636. The first kappa shape index (κ1) is 10.2. The molecular formula is C9H11N5S2. The first-order valence-corrected chi connectivity index (χ1v) is 6.96. The predicted octanol–water partition coefficient (Wildman–Crippen LogP) is 1.01. The second kappa shape index (κ2) is 4.15. The van der Waals surface area contributed by atoms with Crippen LogP contribution >= 0.6 is 23.1 Å². The highest BCUT2D eigenvalue weighted by Gasteiger charge is 2.20. The zero-order valence-electron chi connectivity index (χ0n) is 8.59. The summed E-state index contributed by atoms with van der Waals surface area (Å²) >= 11 is 3.36. The van der Waals surface area contributed by atoms with Gasteiger partial charge in [0.15, 0.2) is 16.0 Å². The number of thiazole rings is 1. The van der Waals surface area contributed by atoms with Gasteiger partial charge in [0.2, 0.25) is 0 Å². The monoisotopic (exact) mass is 253 g/mol. The molecule has 0 unspecified atom stereocenters. The van der Waals surface area contributed by atoms with Crippen LogP contribution in [-0.2, 0) is 13.0 Å². The standard InChI is InChI=1S/C9H11N5S2/c10-2-1-6-5-16-8(11-6)7-12-13-9-14(7)3-4-15-9/h5H,1-4,10H2. The van der Waals surface area contributed by atoms with Gasteiger partial charge in [-0.2, -0.15) is 0 Å². The molecule has 2 aromatic heterocycles. The Labute approximate surface area is 101 Å². The van der Waals surface area contributed by atoms with Crippen LogP contribution in [0.2, 0.25) is 0 Å². The van der Waals surface area contributed by atoms with Gasteiger partial charge in [0.25, 0.3) is 0 Å². The van der Waals surface area contributed by atoms with Gasteiger partial charge in [0, 0.05) is 24.1 Å². The summed E-state index contributed by atoms with van der Waals surface area (Å²) in [5.74, 6) is 1.98. The highest BCUT2D eigenvalue weighted by atomic mass is 32.2. The highest BCUT2D eigenvalue weighted by Crippen LogP contribution is 2.30. The maximum Gasteiger partial charge on any atom is 0.193 e. The Balaban J connectivity index is 1.95. The lowest BCUT2D eigenvalue weighted by atomic mass is 10.3. The number of fused-ring (bicyclic) bond motifs is 1. The minimum Gasteiger partial charge on any atom is -0.330 e. The number of thioether (sulfide) groups is 1. The van der Waals surface area contributed by atoms with Crippen LogP contribution < -0.4 is 5.73 Å². The van der Waals surface area contributed by atoms with E-state index in [2.05, 4.69) is 19.7 Å². The van der Waals surface area contributed by atoms with Crippen molar-refractivity contribution in [2.45, 2.75) is 18.1 Å². The van der Waals surface area contributed by atoms with Crippen LogP contribution in [0.1, 0.15) is 5.69 Å². The maximum absolute atomic E-state index is 5.51. The summed E-state index contributed by atoms with van der Waals surface area (Å²) in [4.78, 5) is 4.53. The first-order chi connectivity index (χ1) is 7.88. The molecule has 1 aliphatic rings. The zero-order chi connectivity index (χ0) is 11.0. The molecule has 1 aliphatic heterocycles. The van der Waals surface area contributed by atoms with E-state index in [-0.39, 0.29) is 0 Å². The molecule has 3 rings (SSSR count). The summed E-state index contributed by atoms with van der Waals surface area (Å²) in [7, 11) is 0. The Bertz CT molecular complexity index is 504. The quantitative estimate of drug-likeness (QED) is 0.884. The smallest absolute Gasteiger partial charge is 0.193 e. The normalized spacial score (nSPS) is 14.3. The van der Waals surface area contributed by atoms with Gasteiger partial charge in [-0.25, -0.2) is 4.98 Å². The van der Waals surface area contributed by atoms with Crippen molar-refractivity contribution in [3.8, 4) is 10.8 Å². The summed E-state index contributed by atoms with van der Waals surface area (Å²) in [6, 6.07) is 0. The summed E-state index contributed by atoms with van der Waals surface area (Å²) in [5.41, 5.74) is 6.55.